The Morgan fingerprint density at radius 3 is 2.62 bits per heavy atom. The number of methoxy groups -OCH3 is 1. The highest BCUT2D eigenvalue weighted by Gasteiger charge is 2.13. The summed E-state index contributed by atoms with van der Waals surface area (Å²) in [5.41, 5.74) is 1.15. The molecular formula is C12H22ClNO2. The highest BCUT2D eigenvalue weighted by Crippen LogP contribution is 2.09. The number of hydrogen-bond acceptors (Lipinski definition) is 2. The van der Waals surface area contributed by atoms with E-state index in [1.807, 2.05) is 6.92 Å². The second kappa shape index (κ2) is 8.59. The molecule has 0 aliphatic heterocycles. The molecule has 0 fully saturated rings. The zero-order chi connectivity index (χ0) is 12.6. The van der Waals surface area contributed by atoms with Crippen LogP contribution in [0, 0.1) is 5.92 Å². The van der Waals surface area contributed by atoms with Gasteiger partial charge < -0.3 is 10.1 Å². The third kappa shape index (κ3) is 7.71. The van der Waals surface area contributed by atoms with E-state index in [2.05, 4.69) is 19.2 Å². The summed E-state index contributed by atoms with van der Waals surface area (Å²) in [5, 5.41) is 2.18. The zero-order valence-corrected chi connectivity index (χ0v) is 11.3. The zero-order valence-electron chi connectivity index (χ0n) is 10.5. The van der Waals surface area contributed by atoms with Crippen LogP contribution in [0.3, 0.4) is 0 Å². The van der Waals surface area contributed by atoms with E-state index in [1.54, 1.807) is 13.3 Å². The summed E-state index contributed by atoms with van der Waals surface area (Å²) < 4.78 is 4.86. The van der Waals surface area contributed by atoms with Crippen molar-refractivity contribution in [3.63, 3.8) is 0 Å². The Labute approximate surface area is 103 Å². The van der Waals surface area contributed by atoms with Crippen molar-refractivity contribution in [2.45, 2.75) is 39.0 Å². The number of allylic oxidation sites excluding steroid dienone is 1. The molecule has 0 heterocycles. The molecule has 0 bridgehead atoms. The Morgan fingerprint density at radius 2 is 2.12 bits per heavy atom. The number of ether oxygens (including phenoxy) is 1. The average Bonchev–Trinajstić information content (AvgIpc) is 2.21. The molecule has 16 heavy (non-hydrogen) atoms. The van der Waals surface area contributed by atoms with Crippen molar-refractivity contribution >= 4 is 17.5 Å². The van der Waals surface area contributed by atoms with Gasteiger partial charge in [-0.1, -0.05) is 19.4 Å². The number of nitrogens with one attached hydrogen (secondary N) is 1. The van der Waals surface area contributed by atoms with Gasteiger partial charge in [-0.3, -0.25) is 4.79 Å². The van der Waals surface area contributed by atoms with E-state index in [9.17, 15) is 4.79 Å². The second-order valence-corrected chi connectivity index (χ2v) is 4.87. The summed E-state index contributed by atoms with van der Waals surface area (Å²) in [6, 6.07) is 0. The van der Waals surface area contributed by atoms with Crippen LogP contribution in [0.5, 0.6) is 0 Å². The Kier molecular flexibility index (Phi) is 8.30. The first-order valence-electron chi connectivity index (χ1n) is 5.56. The van der Waals surface area contributed by atoms with Gasteiger partial charge in [0.05, 0.1) is 0 Å². The quantitative estimate of drug-likeness (QED) is 0.703. The first-order valence-corrected chi connectivity index (χ1v) is 6.00. The molecule has 0 spiro atoms. The largest absolute Gasteiger partial charge is 0.385 e. The van der Waals surface area contributed by atoms with Gasteiger partial charge in [0.1, 0.15) is 5.38 Å². The number of alkyl halides is 1. The van der Waals surface area contributed by atoms with Crippen molar-refractivity contribution in [1.29, 1.82) is 0 Å². The first kappa shape index (κ1) is 15.5. The lowest BCUT2D eigenvalue weighted by Gasteiger charge is -2.09. The van der Waals surface area contributed by atoms with Gasteiger partial charge in [0.2, 0.25) is 5.91 Å². The van der Waals surface area contributed by atoms with Crippen LogP contribution in [0.15, 0.2) is 11.8 Å². The van der Waals surface area contributed by atoms with Crippen molar-refractivity contribution in [3.05, 3.63) is 11.8 Å². The van der Waals surface area contributed by atoms with E-state index < -0.39 is 5.38 Å². The van der Waals surface area contributed by atoms with Gasteiger partial charge in [0, 0.05) is 19.9 Å². The summed E-state index contributed by atoms with van der Waals surface area (Å²) >= 11 is 5.88. The molecule has 0 aromatic heterocycles. The van der Waals surface area contributed by atoms with Crippen LogP contribution in [0.4, 0.5) is 0 Å². The molecule has 1 amide bonds. The summed E-state index contributed by atoms with van der Waals surface area (Å²) in [7, 11) is 1.59. The summed E-state index contributed by atoms with van der Waals surface area (Å²) in [6.07, 6.45) is 3.25. The van der Waals surface area contributed by atoms with Gasteiger partial charge in [-0.05, 0) is 25.7 Å². The Balaban J connectivity index is 3.95. The van der Waals surface area contributed by atoms with Crippen LogP contribution < -0.4 is 5.32 Å². The molecule has 0 rings (SSSR count). The molecule has 94 valence electrons. The maximum Gasteiger partial charge on any atom is 0.242 e. The number of rotatable bonds is 7. The van der Waals surface area contributed by atoms with Gasteiger partial charge in [0.15, 0.2) is 0 Å². The molecule has 1 atom stereocenters. The van der Waals surface area contributed by atoms with Crippen molar-refractivity contribution < 1.29 is 9.53 Å². The molecular weight excluding hydrogens is 226 g/mol. The Bertz CT molecular complexity index is 239. The number of amides is 1. The fraction of sp³-hybridized carbons (Fsp3) is 0.750. The van der Waals surface area contributed by atoms with Crippen molar-refractivity contribution in [3.8, 4) is 0 Å². The van der Waals surface area contributed by atoms with Crippen molar-refractivity contribution in [2.75, 3.05) is 13.7 Å². The van der Waals surface area contributed by atoms with Gasteiger partial charge in [-0.25, -0.2) is 0 Å². The number of halogens is 1. The van der Waals surface area contributed by atoms with E-state index >= 15 is 0 Å². The molecule has 0 aromatic carbocycles. The maximum atomic E-state index is 11.5. The minimum absolute atomic E-state index is 0.165. The molecule has 0 aliphatic carbocycles. The lowest BCUT2D eigenvalue weighted by Crippen LogP contribution is -2.28. The van der Waals surface area contributed by atoms with Gasteiger partial charge in [-0.2, -0.15) is 0 Å². The van der Waals surface area contributed by atoms with Gasteiger partial charge in [0.25, 0.3) is 0 Å². The van der Waals surface area contributed by atoms with E-state index in [-0.39, 0.29) is 5.91 Å². The number of carbonyl (C=O) groups excluding carboxylic acids is 1. The normalized spacial score (nSPS) is 14.0. The molecule has 0 aromatic rings. The minimum atomic E-state index is -0.525. The molecule has 0 saturated carbocycles. The SMILES string of the molecule is COCCC(Cl)C(=O)NC=C(C)CC(C)C. The fourth-order valence-corrected chi connectivity index (χ4v) is 1.49. The topological polar surface area (TPSA) is 38.3 Å². The van der Waals surface area contributed by atoms with Crippen LogP contribution in [-0.4, -0.2) is 25.0 Å². The smallest absolute Gasteiger partial charge is 0.242 e. The van der Waals surface area contributed by atoms with E-state index in [4.69, 9.17) is 16.3 Å². The fourth-order valence-electron chi connectivity index (χ4n) is 1.34. The van der Waals surface area contributed by atoms with Crippen LogP contribution in [-0.2, 0) is 9.53 Å². The highest BCUT2D eigenvalue weighted by atomic mass is 35.5. The number of hydrogen-bond donors (Lipinski definition) is 1. The lowest BCUT2D eigenvalue weighted by molar-refractivity contribution is -0.120. The highest BCUT2D eigenvalue weighted by molar-refractivity contribution is 6.30. The first-order chi connectivity index (χ1) is 7.47. The molecule has 1 unspecified atom stereocenters. The van der Waals surface area contributed by atoms with Crippen molar-refractivity contribution in [2.24, 2.45) is 5.92 Å². The molecule has 3 nitrogen and oxygen atoms in total. The van der Waals surface area contributed by atoms with E-state index in [1.165, 1.54) is 0 Å². The molecule has 0 radical (unpaired) electrons. The summed E-state index contributed by atoms with van der Waals surface area (Å²) in [6.45, 7) is 6.78. The van der Waals surface area contributed by atoms with Crippen LogP contribution in [0.1, 0.15) is 33.6 Å². The predicted molar refractivity (Wildman–Crippen MR) is 67.5 cm³/mol. The Hall–Kier alpha value is -0.540. The number of carbonyl (C=O) groups is 1. The predicted octanol–water partition coefficient (Wildman–Crippen LogP) is 2.70. The summed E-state index contributed by atoms with van der Waals surface area (Å²) in [5.74, 6) is 0.426. The van der Waals surface area contributed by atoms with E-state index in [0.29, 0.717) is 18.9 Å². The molecule has 1 N–H and O–H groups in total. The average molecular weight is 248 g/mol. The van der Waals surface area contributed by atoms with Gasteiger partial charge >= 0.3 is 0 Å². The van der Waals surface area contributed by atoms with Crippen LogP contribution in [0.2, 0.25) is 0 Å². The van der Waals surface area contributed by atoms with Gasteiger partial charge in [-0.15, -0.1) is 11.6 Å². The maximum absolute atomic E-state index is 11.5. The van der Waals surface area contributed by atoms with E-state index in [0.717, 1.165) is 12.0 Å². The monoisotopic (exact) mass is 247 g/mol. The minimum Gasteiger partial charge on any atom is -0.385 e. The third-order valence-corrected chi connectivity index (χ3v) is 2.47. The second-order valence-electron chi connectivity index (χ2n) is 4.35. The molecule has 4 heteroatoms. The summed E-state index contributed by atoms with van der Waals surface area (Å²) in [4.78, 5) is 11.5. The molecule has 0 saturated heterocycles. The molecule has 0 aliphatic rings. The van der Waals surface area contributed by atoms with Crippen LogP contribution in [0.25, 0.3) is 0 Å². The van der Waals surface area contributed by atoms with Crippen LogP contribution >= 0.6 is 11.6 Å². The Morgan fingerprint density at radius 1 is 1.50 bits per heavy atom. The lowest BCUT2D eigenvalue weighted by atomic mass is 10.1. The standard InChI is InChI=1S/C12H22ClNO2/c1-9(2)7-10(3)8-14-12(15)11(13)5-6-16-4/h8-9,11H,5-7H2,1-4H3,(H,14,15). The third-order valence-electron chi connectivity index (χ3n) is 2.05. The van der Waals surface area contributed by atoms with Crippen molar-refractivity contribution in [1.82, 2.24) is 5.32 Å².